The summed E-state index contributed by atoms with van der Waals surface area (Å²) in [6, 6.07) is 10.1. The second-order valence-electron chi connectivity index (χ2n) is 7.38. The minimum absolute atomic E-state index is 0.00881. The molecule has 1 aromatic heterocycles. The van der Waals surface area contributed by atoms with Crippen molar-refractivity contribution >= 4 is 11.8 Å². The topological polar surface area (TPSA) is 70.6 Å². The molecule has 1 aromatic carbocycles. The summed E-state index contributed by atoms with van der Waals surface area (Å²) >= 11 is 0. The Labute approximate surface area is 165 Å². The molecule has 1 aliphatic carbocycles. The number of nitrogens with one attached hydrogen (secondary N) is 1. The summed E-state index contributed by atoms with van der Waals surface area (Å²) in [5, 5.41) is 3.03. The molecule has 1 saturated carbocycles. The zero-order valence-electron chi connectivity index (χ0n) is 16.3. The Hall–Kier alpha value is -2.83. The molecule has 2 amide bonds. The molecule has 7 nitrogen and oxygen atoms in total. The summed E-state index contributed by atoms with van der Waals surface area (Å²) in [6.45, 7) is 3.64. The number of ether oxygens (including phenoxy) is 1. The Balaban J connectivity index is 1.22. The van der Waals surface area contributed by atoms with Gasteiger partial charge in [-0.15, -0.1) is 0 Å². The molecule has 0 radical (unpaired) electrons. The number of carbonyl (C=O) groups excluding carboxylic acids is 1. The Morgan fingerprint density at radius 2 is 1.89 bits per heavy atom. The number of anilines is 1. The number of carbonyl (C=O) groups is 1. The summed E-state index contributed by atoms with van der Waals surface area (Å²) in [7, 11) is 1.66. The van der Waals surface area contributed by atoms with Crippen LogP contribution in [0.4, 0.5) is 10.6 Å². The first kappa shape index (κ1) is 18.5. The van der Waals surface area contributed by atoms with Crippen LogP contribution < -0.4 is 15.0 Å². The summed E-state index contributed by atoms with van der Waals surface area (Å²) in [4.78, 5) is 25.4. The van der Waals surface area contributed by atoms with Crippen LogP contribution in [0.25, 0.3) is 0 Å². The zero-order valence-corrected chi connectivity index (χ0v) is 16.3. The first-order valence-corrected chi connectivity index (χ1v) is 9.95. The van der Waals surface area contributed by atoms with Gasteiger partial charge in [-0.1, -0.05) is 12.1 Å². The van der Waals surface area contributed by atoms with Gasteiger partial charge in [0.1, 0.15) is 17.9 Å². The van der Waals surface area contributed by atoms with E-state index >= 15 is 0 Å². The molecule has 4 rings (SSSR count). The molecule has 2 aliphatic rings. The van der Waals surface area contributed by atoms with Gasteiger partial charge in [0.05, 0.1) is 7.11 Å². The number of benzene rings is 1. The summed E-state index contributed by atoms with van der Waals surface area (Å²) < 4.78 is 5.16. The second kappa shape index (κ2) is 8.46. The van der Waals surface area contributed by atoms with Crippen molar-refractivity contribution in [2.45, 2.75) is 25.2 Å². The molecule has 2 aromatic rings. The van der Waals surface area contributed by atoms with E-state index in [4.69, 9.17) is 4.74 Å². The second-order valence-corrected chi connectivity index (χ2v) is 7.38. The Morgan fingerprint density at radius 1 is 1.14 bits per heavy atom. The smallest absolute Gasteiger partial charge is 0.317 e. The number of hydrogen-bond donors (Lipinski definition) is 1. The number of methoxy groups -OCH3 is 1. The highest BCUT2D eigenvalue weighted by molar-refractivity contribution is 5.74. The lowest BCUT2D eigenvalue weighted by Gasteiger charge is -2.35. The predicted octanol–water partition coefficient (Wildman–Crippen LogP) is 2.44. The molecule has 1 saturated heterocycles. The first-order chi connectivity index (χ1) is 13.7. The average molecular weight is 381 g/mol. The molecule has 2 heterocycles. The third kappa shape index (κ3) is 4.52. The maximum atomic E-state index is 12.4. The highest BCUT2D eigenvalue weighted by Gasteiger charge is 2.27. The zero-order chi connectivity index (χ0) is 19.3. The van der Waals surface area contributed by atoms with Gasteiger partial charge in [-0.25, -0.2) is 14.8 Å². The number of rotatable bonds is 6. The van der Waals surface area contributed by atoms with Gasteiger partial charge < -0.3 is 19.9 Å². The van der Waals surface area contributed by atoms with Crippen molar-refractivity contribution in [1.82, 2.24) is 20.2 Å². The fraction of sp³-hybridized carbons (Fsp3) is 0.476. The number of aromatic nitrogens is 2. The monoisotopic (exact) mass is 381 g/mol. The van der Waals surface area contributed by atoms with Gasteiger partial charge >= 0.3 is 6.03 Å². The van der Waals surface area contributed by atoms with Crippen LogP contribution in [0.5, 0.6) is 5.75 Å². The Bertz CT molecular complexity index is 799. The third-order valence-corrected chi connectivity index (χ3v) is 5.41. The molecule has 0 spiro atoms. The van der Waals surface area contributed by atoms with Crippen LogP contribution in [-0.2, 0) is 6.42 Å². The van der Waals surface area contributed by atoms with E-state index in [2.05, 4.69) is 26.3 Å². The van der Waals surface area contributed by atoms with Crippen LogP contribution in [0.1, 0.15) is 30.0 Å². The minimum Gasteiger partial charge on any atom is -0.497 e. The number of hydrogen-bond acceptors (Lipinski definition) is 5. The average Bonchev–Trinajstić information content (AvgIpc) is 3.60. The van der Waals surface area contributed by atoms with E-state index in [0.29, 0.717) is 25.6 Å². The van der Waals surface area contributed by atoms with Crippen molar-refractivity contribution in [3.8, 4) is 5.75 Å². The van der Waals surface area contributed by atoms with Crippen molar-refractivity contribution in [3.63, 3.8) is 0 Å². The fourth-order valence-electron chi connectivity index (χ4n) is 3.49. The highest BCUT2D eigenvalue weighted by atomic mass is 16.5. The molecule has 2 fully saturated rings. The minimum atomic E-state index is 0.00881. The standard InChI is InChI=1S/C21H27N5O2/c1-28-18-6-2-16(3-7-18)8-9-22-21(27)26-12-10-25(11-13-26)20-14-19(17-4-5-17)23-15-24-20/h2-3,6-7,14-15,17H,4-5,8-13H2,1H3,(H,22,27). The van der Waals surface area contributed by atoms with Gasteiger partial charge in [-0.2, -0.15) is 0 Å². The molecule has 0 bridgehead atoms. The van der Waals surface area contributed by atoms with Gasteiger partial charge in [0, 0.05) is 50.4 Å². The van der Waals surface area contributed by atoms with Crippen molar-refractivity contribution in [2.75, 3.05) is 44.7 Å². The predicted molar refractivity (Wildman–Crippen MR) is 108 cm³/mol. The SMILES string of the molecule is COc1ccc(CCNC(=O)N2CCN(c3cc(C4CC4)ncn3)CC2)cc1. The van der Waals surface area contributed by atoms with E-state index in [1.54, 1.807) is 13.4 Å². The molecule has 1 aliphatic heterocycles. The van der Waals surface area contributed by atoms with E-state index in [0.717, 1.165) is 36.8 Å². The molecule has 0 atom stereocenters. The van der Waals surface area contributed by atoms with Crippen molar-refractivity contribution in [2.24, 2.45) is 0 Å². The molecule has 28 heavy (non-hydrogen) atoms. The Kier molecular flexibility index (Phi) is 5.60. The van der Waals surface area contributed by atoms with Crippen molar-refractivity contribution in [1.29, 1.82) is 0 Å². The lowest BCUT2D eigenvalue weighted by molar-refractivity contribution is 0.194. The maximum absolute atomic E-state index is 12.4. The molecular weight excluding hydrogens is 354 g/mol. The summed E-state index contributed by atoms with van der Waals surface area (Å²) in [6.07, 6.45) is 4.95. The molecule has 148 valence electrons. The van der Waals surface area contributed by atoms with Crippen LogP contribution >= 0.6 is 0 Å². The van der Waals surface area contributed by atoms with Gasteiger partial charge in [-0.3, -0.25) is 0 Å². The number of nitrogens with zero attached hydrogens (tertiary/aromatic N) is 4. The molecule has 7 heteroatoms. The van der Waals surface area contributed by atoms with E-state index < -0.39 is 0 Å². The number of amides is 2. The number of urea groups is 1. The van der Waals surface area contributed by atoms with Crippen LogP contribution in [0.2, 0.25) is 0 Å². The van der Waals surface area contributed by atoms with Crippen LogP contribution in [0.3, 0.4) is 0 Å². The molecule has 0 unspecified atom stereocenters. The van der Waals surface area contributed by atoms with E-state index in [9.17, 15) is 4.79 Å². The fourth-order valence-corrected chi connectivity index (χ4v) is 3.49. The lowest BCUT2D eigenvalue weighted by Crippen LogP contribution is -2.52. The highest BCUT2D eigenvalue weighted by Crippen LogP contribution is 2.39. The quantitative estimate of drug-likeness (QED) is 0.832. The van der Waals surface area contributed by atoms with Gasteiger partial charge in [0.15, 0.2) is 0 Å². The molecular formula is C21H27N5O2. The van der Waals surface area contributed by atoms with Crippen molar-refractivity contribution < 1.29 is 9.53 Å². The van der Waals surface area contributed by atoms with Crippen LogP contribution in [-0.4, -0.2) is 60.7 Å². The van der Waals surface area contributed by atoms with Gasteiger partial charge in [0.2, 0.25) is 0 Å². The Morgan fingerprint density at radius 3 is 2.57 bits per heavy atom. The van der Waals surface area contributed by atoms with E-state index in [-0.39, 0.29) is 6.03 Å². The maximum Gasteiger partial charge on any atom is 0.317 e. The van der Waals surface area contributed by atoms with E-state index in [1.165, 1.54) is 18.4 Å². The number of piperazine rings is 1. The molecule has 1 N–H and O–H groups in total. The lowest BCUT2D eigenvalue weighted by atomic mass is 10.1. The first-order valence-electron chi connectivity index (χ1n) is 9.95. The van der Waals surface area contributed by atoms with Crippen LogP contribution in [0, 0.1) is 0 Å². The summed E-state index contributed by atoms with van der Waals surface area (Å²) in [5.74, 6) is 2.45. The van der Waals surface area contributed by atoms with Gasteiger partial charge in [0.25, 0.3) is 0 Å². The largest absolute Gasteiger partial charge is 0.497 e. The third-order valence-electron chi connectivity index (χ3n) is 5.41. The van der Waals surface area contributed by atoms with Gasteiger partial charge in [-0.05, 0) is 37.0 Å². The van der Waals surface area contributed by atoms with E-state index in [1.807, 2.05) is 29.2 Å². The normalized spacial score (nSPS) is 16.8. The summed E-state index contributed by atoms with van der Waals surface area (Å²) in [5.41, 5.74) is 2.34. The van der Waals surface area contributed by atoms with Crippen LogP contribution in [0.15, 0.2) is 36.7 Å². The van der Waals surface area contributed by atoms with Crippen molar-refractivity contribution in [3.05, 3.63) is 47.9 Å².